The molecule has 0 spiro atoms. The molecule has 3 rings (SSSR count). The van der Waals surface area contributed by atoms with Crippen molar-refractivity contribution in [2.75, 3.05) is 7.11 Å². The zero-order chi connectivity index (χ0) is 14.3. The standard InChI is InChI=1S/C14H9Br2NO2S/c1-19-10-4-2-3-9-12(10)8(6-17-9)13(18)7-5-11(15)20-14(7)16/h2-6,17H,1H3. The third-order valence-electron chi connectivity index (χ3n) is 3.03. The normalized spacial score (nSPS) is 10.9. The lowest BCUT2D eigenvalue weighted by Gasteiger charge is -2.04. The van der Waals surface area contributed by atoms with Crippen LogP contribution in [0.25, 0.3) is 10.9 Å². The Morgan fingerprint density at radius 1 is 1.30 bits per heavy atom. The second-order valence-electron chi connectivity index (χ2n) is 4.15. The molecule has 0 bridgehead atoms. The zero-order valence-corrected chi connectivity index (χ0v) is 14.4. The van der Waals surface area contributed by atoms with Crippen molar-refractivity contribution in [2.45, 2.75) is 0 Å². The van der Waals surface area contributed by atoms with Crippen LogP contribution < -0.4 is 4.74 Å². The number of nitrogens with one attached hydrogen (secondary N) is 1. The van der Waals surface area contributed by atoms with Crippen molar-refractivity contribution in [1.82, 2.24) is 4.98 Å². The Morgan fingerprint density at radius 2 is 2.10 bits per heavy atom. The lowest BCUT2D eigenvalue weighted by atomic mass is 10.0. The maximum Gasteiger partial charge on any atom is 0.197 e. The Morgan fingerprint density at radius 3 is 2.75 bits per heavy atom. The molecule has 2 heterocycles. The Bertz CT molecular complexity index is 807. The van der Waals surface area contributed by atoms with Gasteiger partial charge in [-0.15, -0.1) is 11.3 Å². The van der Waals surface area contributed by atoms with E-state index in [1.165, 1.54) is 11.3 Å². The van der Waals surface area contributed by atoms with E-state index in [9.17, 15) is 4.79 Å². The largest absolute Gasteiger partial charge is 0.496 e. The first-order valence-corrected chi connectivity index (χ1v) is 8.15. The van der Waals surface area contributed by atoms with E-state index in [-0.39, 0.29) is 5.78 Å². The Labute approximate surface area is 136 Å². The minimum atomic E-state index is -0.0328. The molecule has 0 atom stereocenters. The van der Waals surface area contributed by atoms with E-state index in [0.29, 0.717) is 16.9 Å². The lowest BCUT2D eigenvalue weighted by molar-refractivity contribution is 0.104. The number of rotatable bonds is 3. The van der Waals surface area contributed by atoms with E-state index in [4.69, 9.17) is 4.74 Å². The third kappa shape index (κ3) is 2.21. The number of ether oxygens (including phenoxy) is 1. The summed E-state index contributed by atoms with van der Waals surface area (Å²) in [6.07, 6.45) is 1.73. The molecule has 6 heteroatoms. The molecule has 0 amide bonds. The number of benzene rings is 1. The average molecular weight is 415 g/mol. The molecule has 20 heavy (non-hydrogen) atoms. The Hall–Kier alpha value is -1.11. The molecule has 1 N–H and O–H groups in total. The molecule has 3 nitrogen and oxygen atoms in total. The van der Waals surface area contributed by atoms with Crippen molar-refractivity contribution in [3.63, 3.8) is 0 Å². The molecule has 0 aliphatic heterocycles. The van der Waals surface area contributed by atoms with Gasteiger partial charge in [0.2, 0.25) is 0 Å². The second kappa shape index (κ2) is 5.35. The van der Waals surface area contributed by atoms with E-state index in [1.807, 2.05) is 24.3 Å². The van der Waals surface area contributed by atoms with Gasteiger partial charge in [0.05, 0.1) is 25.6 Å². The summed E-state index contributed by atoms with van der Waals surface area (Å²) >= 11 is 8.31. The van der Waals surface area contributed by atoms with Gasteiger partial charge in [-0.25, -0.2) is 0 Å². The summed E-state index contributed by atoms with van der Waals surface area (Å²) < 4.78 is 7.09. The molecule has 0 fully saturated rings. The van der Waals surface area contributed by atoms with E-state index in [2.05, 4.69) is 36.8 Å². The first-order chi connectivity index (χ1) is 9.61. The highest BCUT2D eigenvalue weighted by Gasteiger charge is 2.20. The second-order valence-corrected chi connectivity index (χ2v) is 7.90. The van der Waals surface area contributed by atoms with Crippen LogP contribution in [0.5, 0.6) is 5.75 Å². The highest BCUT2D eigenvalue weighted by molar-refractivity contribution is 9.12. The van der Waals surface area contributed by atoms with Crippen molar-refractivity contribution in [3.05, 3.63) is 49.2 Å². The third-order valence-corrected chi connectivity index (χ3v) is 5.37. The van der Waals surface area contributed by atoms with Crippen molar-refractivity contribution >= 4 is 59.9 Å². The summed E-state index contributed by atoms with van der Waals surface area (Å²) in [5.74, 6) is 0.659. The van der Waals surface area contributed by atoms with Crippen LogP contribution in [0.15, 0.2) is 38.0 Å². The maximum absolute atomic E-state index is 12.7. The number of ketones is 1. The predicted molar refractivity (Wildman–Crippen MR) is 88.0 cm³/mol. The fraction of sp³-hybridized carbons (Fsp3) is 0.0714. The number of aromatic nitrogens is 1. The molecule has 0 radical (unpaired) electrons. The lowest BCUT2D eigenvalue weighted by Crippen LogP contribution is -2.00. The molecule has 3 aromatic rings. The predicted octanol–water partition coefficient (Wildman–Crippen LogP) is 4.99. The van der Waals surface area contributed by atoms with E-state index < -0.39 is 0 Å². The number of thiophene rings is 1. The summed E-state index contributed by atoms with van der Waals surface area (Å²) in [4.78, 5) is 15.8. The average Bonchev–Trinajstić information content (AvgIpc) is 3.01. The number of methoxy groups -OCH3 is 1. The van der Waals surface area contributed by atoms with Crippen LogP contribution in [0.4, 0.5) is 0 Å². The number of fused-ring (bicyclic) bond motifs is 1. The first-order valence-electron chi connectivity index (χ1n) is 5.75. The van der Waals surface area contributed by atoms with E-state index in [0.717, 1.165) is 18.5 Å². The van der Waals surface area contributed by atoms with Crippen LogP contribution in [-0.2, 0) is 0 Å². The zero-order valence-electron chi connectivity index (χ0n) is 10.4. The molecule has 0 unspecified atom stereocenters. The first kappa shape index (κ1) is 13.9. The molecule has 1 aromatic carbocycles. The van der Waals surface area contributed by atoms with E-state index >= 15 is 0 Å². The van der Waals surface area contributed by atoms with Gasteiger partial charge in [0.15, 0.2) is 5.78 Å². The summed E-state index contributed by atoms with van der Waals surface area (Å²) in [7, 11) is 1.60. The van der Waals surface area contributed by atoms with Crippen LogP contribution in [0.2, 0.25) is 0 Å². The van der Waals surface area contributed by atoms with Crippen LogP contribution in [0.1, 0.15) is 15.9 Å². The number of hydrogen-bond acceptors (Lipinski definition) is 3. The van der Waals surface area contributed by atoms with Gasteiger partial charge in [-0.1, -0.05) is 6.07 Å². The van der Waals surface area contributed by atoms with Crippen molar-refractivity contribution in [3.8, 4) is 5.75 Å². The van der Waals surface area contributed by atoms with Gasteiger partial charge in [0.1, 0.15) is 5.75 Å². The van der Waals surface area contributed by atoms with Crippen molar-refractivity contribution < 1.29 is 9.53 Å². The molecular weight excluding hydrogens is 406 g/mol. The highest BCUT2D eigenvalue weighted by atomic mass is 79.9. The van der Waals surface area contributed by atoms with Gasteiger partial charge in [-0.05, 0) is 50.1 Å². The maximum atomic E-state index is 12.7. The monoisotopic (exact) mass is 413 g/mol. The van der Waals surface area contributed by atoms with Gasteiger partial charge in [0.25, 0.3) is 0 Å². The summed E-state index contributed by atoms with van der Waals surface area (Å²) in [6.45, 7) is 0. The Balaban J connectivity index is 2.20. The number of aromatic amines is 1. The fourth-order valence-electron chi connectivity index (χ4n) is 2.14. The van der Waals surface area contributed by atoms with Gasteiger partial charge in [-0.3, -0.25) is 4.79 Å². The summed E-state index contributed by atoms with van der Waals surface area (Å²) in [6, 6.07) is 7.49. The van der Waals surface area contributed by atoms with Crippen molar-refractivity contribution in [1.29, 1.82) is 0 Å². The number of halogens is 2. The fourth-order valence-corrected chi connectivity index (χ4v) is 4.93. The molecule has 0 aliphatic rings. The number of carbonyl (C=O) groups excluding carboxylic acids is 1. The highest BCUT2D eigenvalue weighted by Crippen LogP contribution is 2.36. The van der Waals surface area contributed by atoms with Gasteiger partial charge in [0, 0.05) is 17.3 Å². The number of carbonyl (C=O) groups is 1. The van der Waals surface area contributed by atoms with Gasteiger partial charge < -0.3 is 9.72 Å². The smallest absolute Gasteiger partial charge is 0.197 e. The van der Waals surface area contributed by atoms with Crippen molar-refractivity contribution in [2.24, 2.45) is 0 Å². The molecule has 0 saturated carbocycles. The molecule has 102 valence electrons. The topological polar surface area (TPSA) is 42.1 Å². The number of hydrogen-bond donors (Lipinski definition) is 1. The van der Waals surface area contributed by atoms with Gasteiger partial charge >= 0.3 is 0 Å². The Kier molecular flexibility index (Phi) is 3.70. The SMILES string of the molecule is COc1cccc2[nH]cc(C(=O)c3cc(Br)sc3Br)c12. The summed E-state index contributed by atoms with van der Waals surface area (Å²) in [5, 5.41) is 0.814. The molecule has 0 saturated heterocycles. The van der Waals surface area contributed by atoms with Crippen LogP contribution >= 0.6 is 43.2 Å². The molecule has 0 aliphatic carbocycles. The molecule has 2 aromatic heterocycles. The molecular formula is C14H9Br2NO2S. The quantitative estimate of drug-likeness (QED) is 0.613. The number of H-pyrrole nitrogens is 1. The van der Waals surface area contributed by atoms with E-state index in [1.54, 1.807) is 13.3 Å². The van der Waals surface area contributed by atoms with Crippen LogP contribution in [0, 0.1) is 0 Å². The minimum absolute atomic E-state index is 0.0328. The van der Waals surface area contributed by atoms with Gasteiger partial charge in [-0.2, -0.15) is 0 Å². The van der Waals surface area contributed by atoms with Crippen LogP contribution in [-0.4, -0.2) is 17.9 Å². The minimum Gasteiger partial charge on any atom is -0.496 e. The van der Waals surface area contributed by atoms with Crippen LogP contribution in [0.3, 0.4) is 0 Å². The summed E-state index contributed by atoms with van der Waals surface area (Å²) in [5.41, 5.74) is 2.15.